The summed E-state index contributed by atoms with van der Waals surface area (Å²) in [4.78, 5) is 1.40. The van der Waals surface area contributed by atoms with Crippen molar-refractivity contribution in [3.8, 4) is 0 Å². The molecule has 0 aliphatic carbocycles. The topological polar surface area (TPSA) is 12.0 Å². The van der Waals surface area contributed by atoms with Gasteiger partial charge < -0.3 is 5.32 Å². The number of thiophene rings is 1. The second-order valence-corrected chi connectivity index (χ2v) is 4.82. The summed E-state index contributed by atoms with van der Waals surface area (Å²) in [6, 6.07) is 4.10. The summed E-state index contributed by atoms with van der Waals surface area (Å²) in [5, 5.41) is 3.32. The highest BCUT2D eigenvalue weighted by Crippen LogP contribution is 2.22. The molecule has 1 aromatic rings. The van der Waals surface area contributed by atoms with Gasteiger partial charge in [0, 0.05) is 4.88 Å². The average Bonchev–Trinajstić information content (AvgIpc) is 2.51. The standard InChI is InChI=1S/C10H16ClNS/c1-2-12-8-4-3-5-9-6-7-10(11)13-9/h6-7,12H,2-5,8H2,1H3. The van der Waals surface area contributed by atoms with Crippen molar-refractivity contribution in [1.29, 1.82) is 0 Å². The minimum atomic E-state index is 0.904. The van der Waals surface area contributed by atoms with Crippen LogP contribution in [0.15, 0.2) is 12.1 Å². The van der Waals surface area contributed by atoms with Crippen LogP contribution in [0.5, 0.6) is 0 Å². The summed E-state index contributed by atoms with van der Waals surface area (Å²) in [6.07, 6.45) is 3.68. The van der Waals surface area contributed by atoms with Crippen LogP contribution in [0.3, 0.4) is 0 Å². The van der Waals surface area contributed by atoms with Crippen LogP contribution >= 0.6 is 22.9 Å². The molecule has 1 aromatic heterocycles. The Hall–Kier alpha value is -0.0500. The van der Waals surface area contributed by atoms with Gasteiger partial charge in [-0.1, -0.05) is 18.5 Å². The molecule has 0 saturated carbocycles. The van der Waals surface area contributed by atoms with E-state index < -0.39 is 0 Å². The van der Waals surface area contributed by atoms with E-state index >= 15 is 0 Å². The Bertz CT molecular complexity index is 235. The van der Waals surface area contributed by atoms with Crippen molar-refractivity contribution in [2.75, 3.05) is 13.1 Å². The third-order valence-electron chi connectivity index (χ3n) is 1.91. The summed E-state index contributed by atoms with van der Waals surface area (Å²) < 4.78 is 0.904. The van der Waals surface area contributed by atoms with Crippen molar-refractivity contribution in [2.24, 2.45) is 0 Å². The molecule has 1 nitrogen and oxygen atoms in total. The van der Waals surface area contributed by atoms with Gasteiger partial charge >= 0.3 is 0 Å². The van der Waals surface area contributed by atoms with Gasteiger partial charge in [0.25, 0.3) is 0 Å². The van der Waals surface area contributed by atoms with E-state index in [1.807, 2.05) is 6.07 Å². The zero-order valence-corrected chi connectivity index (χ0v) is 9.55. The van der Waals surface area contributed by atoms with Gasteiger partial charge in [0.2, 0.25) is 0 Å². The maximum atomic E-state index is 5.83. The molecule has 0 aromatic carbocycles. The van der Waals surface area contributed by atoms with E-state index in [2.05, 4.69) is 18.3 Å². The van der Waals surface area contributed by atoms with Gasteiger partial charge in [-0.25, -0.2) is 0 Å². The van der Waals surface area contributed by atoms with Gasteiger partial charge in [-0.3, -0.25) is 0 Å². The molecule has 0 aliphatic rings. The minimum Gasteiger partial charge on any atom is -0.317 e. The van der Waals surface area contributed by atoms with Crippen LogP contribution in [-0.2, 0) is 6.42 Å². The SMILES string of the molecule is CCNCCCCc1ccc(Cl)s1. The quantitative estimate of drug-likeness (QED) is 0.721. The number of nitrogens with one attached hydrogen (secondary N) is 1. The van der Waals surface area contributed by atoms with Gasteiger partial charge in [0.15, 0.2) is 0 Å². The number of rotatable bonds is 6. The van der Waals surface area contributed by atoms with Gasteiger partial charge in [0.1, 0.15) is 0 Å². The van der Waals surface area contributed by atoms with E-state index in [4.69, 9.17) is 11.6 Å². The van der Waals surface area contributed by atoms with Crippen LogP contribution < -0.4 is 5.32 Å². The maximum absolute atomic E-state index is 5.83. The van der Waals surface area contributed by atoms with Crippen LogP contribution in [0.25, 0.3) is 0 Å². The lowest BCUT2D eigenvalue weighted by atomic mass is 10.2. The Morgan fingerprint density at radius 2 is 2.23 bits per heavy atom. The van der Waals surface area contributed by atoms with Gasteiger partial charge in [0.05, 0.1) is 4.34 Å². The molecule has 1 N–H and O–H groups in total. The van der Waals surface area contributed by atoms with Gasteiger partial charge in [-0.2, -0.15) is 0 Å². The second kappa shape index (κ2) is 6.41. The Balaban J connectivity index is 2.06. The van der Waals surface area contributed by atoms with Crippen molar-refractivity contribution in [3.05, 3.63) is 21.3 Å². The van der Waals surface area contributed by atoms with E-state index in [0.29, 0.717) is 0 Å². The lowest BCUT2D eigenvalue weighted by Crippen LogP contribution is -2.13. The molecule has 74 valence electrons. The zero-order valence-electron chi connectivity index (χ0n) is 7.98. The summed E-state index contributed by atoms with van der Waals surface area (Å²) in [7, 11) is 0. The largest absolute Gasteiger partial charge is 0.317 e. The minimum absolute atomic E-state index is 0.904. The summed E-state index contributed by atoms with van der Waals surface area (Å²) in [5.74, 6) is 0. The Kier molecular flexibility index (Phi) is 5.44. The fourth-order valence-corrected chi connectivity index (χ4v) is 2.34. The molecular formula is C10H16ClNS. The highest BCUT2D eigenvalue weighted by molar-refractivity contribution is 7.16. The van der Waals surface area contributed by atoms with E-state index in [-0.39, 0.29) is 0 Å². The predicted molar refractivity (Wildman–Crippen MR) is 60.8 cm³/mol. The molecule has 0 fully saturated rings. The fourth-order valence-electron chi connectivity index (χ4n) is 1.21. The Morgan fingerprint density at radius 3 is 2.85 bits per heavy atom. The summed E-state index contributed by atoms with van der Waals surface area (Å²) in [5.41, 5.74) is 0. The molecular weight excluding hydrogens is 202 g/mol. The van der Waals surface area contributed by atoms with Crippen molar-refractivity contribution >= 4 is 22.9 Å². The molecule has 0 bridgehead atoms. The highest BCUT2D eigenvalue weighted by atomic mass is 35.5. The van der Waals surface area contributed by atoms with Crippen LogP contribution in [0, 0.1) is 0 Å². The summed E-state index contributed by atoms with van der Waals surface area (Å²) >= 11 is 7.53. The summed E-state index contributed by atoms with van der Waals surface area (Å²) in [6.45, 7) is 4.35. The lowest BCUT2D eigenvalue weighted by Gasteiger charge is -1.99. The normalized spacial score (nSPS) is 10.6. The third kappa shape index (κ3) is 4.65. The first kappa shape index (κ1) is 11.0. The number of halogens is 1. The number of hydrogen-bond donors (Lipinski definition) is 1. The van der Waals surface area contributed by atoms with E-state index in [9.17, 15) is 0 Å². The maximum Gasteiger partial charge on any atom is 0.0931 e. The molecule has 0 unspecified atom stereocenters. The lowest BCUT2D eigenvalue weighted by molar-refractivity contribution is 0.643. The molecule has 0 atom stereocenters. The monoisotopic (exact) mass is 217 g/mol. The van der Waals surface area contributed by atoms with Crippen molar-refractivity contribution < 1.29 is 0 Å². The fraction of sp³-hybridized carbons (Fsp3) is 0.600. The average molecular weight is 218 g/mol. The second-order valence-electron chi connectivity index (χ2n) is 3.02. The van der Waals surface area contributed by atoms with Gasteiger partial charge in [-0.05, 0) is 44.5 Å². The van der Waals surface area contributed by atoms with Crippen molar-refractivity contribution in [1.82, 2.24) is 5.32 Å². The first-order valence-corrected chi connectivity index (χ1v) is 5.97. The Morgan fingerprint density at radius 1 is 1.38 bits per heavy atom. The highest BCUT2D eigenvalue weighted by Gasteiger charge is 1.97. The molecule has 1 rings (SSSR count). The third-order valence-corrected chi connectivity index (χ3v) is 3.20. The molecule has 0 radical (unpaired) electrons. The number of unbranched alkanes of at least 4 members (excludes halogenated alkanes) is 1. The number of hydrogen-bond acceptors (Lipinski definition) is 2. The van der Waals surface area contributed by atoms with E-state index in [1.54, 1.807) is 11.3 Å². The molecule has 13 heavy (non-hydrogen) atoms. The molecule has 0 amide bonds. The molecule has 0 saturated heterocycles. The first-order chi connectivity index (χ1) is 6.33. The smallest absolute Gasteiger partial charge is 0.0931 e. The van der Waals surface area contributed by atoms with Gasteiger partial charge in [-0.15, -0.1) is 11.3 Å². The Labute approximate surface area is 89.1 Å². The van der Waals surface area contributed by atoms with E-state index in [1.165, 1.54) is 24.1 Å². The predicted octanol–water partition coefficient (Wildman–Crippen LogP) is 3.33. The molecule has 0 aliphatic heterocycles. The first-order valence-electron chi connectivity index (χ1n) is 4.78. The molecule has 1 heterocycles. The van der Waals surface area contributed by atoms with E-state index in [0.717, 1.165) is 17.4 Å². The molecule has 3 heteroatoms. The van der Waals surface area contributed by atoms with Crippen LogP contribution in [0.2, 0.25) is 4.34 Å². The van der Waals surface area contributed by atoms with Crippen LogP contribution in [-0.4, -0.2) is 13.1 Å². The van der Waals surface area contributed by atoms with Crippen LogP contribution in [0.1, 0.15) is 24.6 Å². The number of aryl methyl sites for hydroxylation is 1. The zero-order chi connectivity index (χ0) is 9.52. The van der Waals surface area contributed by atoms with Crippen molar-refractivity contribution in [2.45, 2.75) is 26.2 Å². The van der Waals surface area contributed by atoms with Crippen LogP contribution in [0.4, 0.5) is 0 Å². The molecule has 0 spiro atoms. The van der Waals surface area contributed by atoms with Crippen molar-refractivity contribution in [3.63, 3.8) is 0 Å².